The zero-order valence-electron chi connectivity index (χ0n) is 28.4. The van der Waals surface area contributed by atoms with E-state index in [0.717, 1.165) is 60.1 Å². The molecule has 0 saturated heterocycles. The van der Waals surface area contributed by atoms with Gasteiger partial charge in [0.2, 0.25) is 0 Å². The lowest BCUT2D eigenvalue weighted by molar-refractivity contribution is 0.415. The van der Waals surface area contributed by atoms with E-state index < -0.39 is 0 Å². The van der Waals surface area contributed by atoms with Gasteiger partial charge in [0, 0.05) is 60.7 Å². The van der Waals surface area contributed by atoms with Crippen molar-refractivity contribution >= 4 is 52.7 Å². The van der Waals surface area contributed by atoms with Crippen LogP contribution in [0.25, 0.3) is 24.3 Å². The molecule has 5 rings (SSSR count). The summed E-state index contributed by atoms with van der Waals surface area (Å²) in [5.41, 5.74) is 10.5. The number of hydrogen-bond acceptors (Lipinski definition) is 4. The Labute approximate surface area is 281 Å². The standard InChI is InChI=1S/C43H47N3O/c1-6-44(7-2)42-19-12-10-15-36(42)27-21-34-23-29-38(30-24-34)46(40-17-14-18-41(33-40)47-5)39-31-25-35(26-32-39)22-28-37-16-11-13-20-43(37)45(8-3)9-4/h10-33H,6-9H2,1-5H3/b27-21+,28-22+. The molecule has 0 aliphatic rings. The molecule has 0 fully saturated rings. The Morgan fingerprint density at radius 3 is 1.34 bits per heavy atom. The summed E-state index contributed by atoms with van der Waals surface area (Å²) >= 11 is 0. The summed E-state index contributed by atoms with van der Waals surface area (Å²) in [5.74, 6) is 0.824. The van der Waals surface area contributed by atoms with Gasteiger partial charge in [-0.05, 0) is 98.5 Å². The van der Waals surface area contributed by atoms with E-state index in [-0.39, 0.29) is 0 Å². The smallest absolute Gasteiger partial charge is 0.120 e. The largest absolute Gasteiger partial charge is 0.497 e. The van der Waals surface area contributed by atoms with Crippen LogP contribution in [0.5, 0.6) is 5.75 Å². The molecule has 0 heterocycles. The van der Waals surface area contributed by atoms with Gasteiger partial charge < -0.3 is 19.4 Å². The van der Waals surface area contributed by atoms with E-state index in [2.05, 4.69) is 176 Å². The van der Waals surface area contributed by atoms with Gasteiger partial charge >= 0.3 is 0 Å². The highest BCUT2D eigenvalue weighted by molar-refractivity contribution is 5.82. The van der Waals surface area contributed by atoms with Crippen LogP contribution >= 0.6 is 0 Å². The molecule has 5 aromatic carbocycles. The lowest BCUT2D eigenvalue weighted by Gasteiger charge is -2.26. The molecule has 0 amide bonds. The van der Waals surface area contributed by atoms with Crippen molar-refractivity contribution in [1.82, 2.24) is 0 Å². The lowest BCUT2D eigenvalue weighted by atomic mass is 10.1. The van der Waals surface area contributed by atoms with E-state index in [1.165, 1.54) is 22.5 Å². The van der Waals surface area contributed by atoms with Gasteiger partial charge in [0.15, 0.2) is 0 Å². The maximum Gasteiger partial charge on any atom is 0.120 e. The number of ether oxygens (including phenoxy) is 1. The highest BCUT2D eigenvalue weighted by atomic mass is 16.5. The minimum Gasteiger partial charge on any atom is -0.497 e. The van der Waals surface area contributed by atoms with Crippen LogP contribution in [0, 0.1) is 0 Å². The fourth-order valence-corrected chi connectivity index (χ4v) is 6.00. The topological polar surface area (TPSA) is 19.0 Å². The average Bonchev–Trinajstić information content (AvgIpc) is 3.13. The Kier molecular flexibility index (Phi) is 11.5. The third-order valence-electron chi connectivity index (χ3n) is 8.61. The SMILES string of the molecule is CCN(CC)c1ccccc1/C=C/c1ccc(N(c2ccc(/C=C/c3ccccc3N(CC)CC)cc2)c2cccc(OC)c2)cc1. The maximum atomic E-state index is 5.60. The van der Waals surface area contributed by atoms with Crippen LogP contribution in [0.15, 0.2) is 121 Å². The number of rotatable bonds is 14. The van der Waals surface area contributed by atoms with E-state index in [1.807, 2.05) is 12.1 Å². The number of methoxy groups -OCH3 is 1. The normalized spacial score (nSPS) is 11.3. The minimum atomic E-state index is 0.824. The Hall–Kier alpha value is -5.22. The highest BCUT2D eigenvalue weighted by Crippen LogP contribution is 2.36. The van der Waals surface area contributed by atoms with Crippen molar-refractivity contribution in [3.8, 4) is 5.75 Å². The molecule has 0 saturated carbocycles. The zero-order valence-corrected chi connectivity index (χ0v) is 28.4. The van der Waals surface area contributed by atoms with Crippen LogP contribution in [-0.2, 0) is 0 Å². The van der Waals surface area contributed by atoms with Crippen LogP contribution in [0.3, 0.4) is 0 Å². The van der Waals surface area contributed by atoms with Crippen LogP contribution in [-0.4, -0.2) is 33.3 Å². The number of hydrogen-bond donors (Lipinski definition) is 0. The Bertz CT molecular complexity index is 1660. The second kappa shape index (κ2) is 16.4. The molecule has 0 bridgehead atoms. The second-order valence-corrected chi connectivity index (χ2v) is 11.3. The molecule has 0 atom stereocenters. The Morgan fingerprint density at radius 1 is 0.468 bits per heavy atom. The van der Waals surface area contributed by atoms with Crippen molar-refractivity contribution in [2.24, 2.45) is 0 Å². The van der Waals surface area contributed by atoms with Crippen LogP contribution in [0.4, 0.5) is 28.4 Å². The number of para-hydroxylation sites is 2. The number of anilines is 5. The molecule has 0 radical (unpaired) electrons. The summed E-state index contributed by atoms with van der Waals surface area (Å²) in [5, 5.41) is 0. The molecular formula is C43H47N3O. The molecule has 0 spiro atoms. The quantitative estimate of drug-likeness (QED) is 0.115. The van der Waals surface area contributed by atoms with Gasteiger partial charge in [-0.15, -0.1) is 0 Å². The first-order chi connectivity index (χ1) is 23.1. The van der Waals surface area contributed by atoms with Crippen molar-refractivity contribution < 1.29 is 4.74 Å². The van der Waals surface area contributed by atoms with Gasteiger partial charge in [0.1, 0.15) is 5.75 Å². The highest BCUT2D eigenvalue weighted by Gasteiger charge is 2.14. The monoisotopic (exact) mass is 621 g/mol. The molecule has 0 aliphatic heterocycles. The van der Waals surface area contributed by atoms with Crippen LogP contribution in [0.2, 0.25) is 0 Å². The molecule has 0 aliphatic carbocycles. The third kappa shape index (κ3) is 8.14. The molecule has 240 valence electrons. The van der Waals surface area contributed by atoms with E-state index in [4.69, 9.17) is 4.74 Å². The molecule has 0 aromatic heterocycles. The summed E-state index contributed by atoms with van der Waals surface area (Å²) in [4.78, 5) is 7.05. The van der Waals surface area contributed by atoms with Crippen molar-refractivity contribution in [2.45, 2.75) is 27.7 Å². The first-order valence-electron chi connectivity index (χ1n) is 16.8. The Balaban J connectivity index is 1.43. The molecule has 4 heteroatoms. The fourth-order valence-electron chi connectivity index (χ4n) is 6.00. The molecule has 5 aromatic rings. The average molecular weight is 622 g/mol. The van der Waals surface area contributed by atoms with Gasteiger partial charge in [-0.2, -0.15) is 0 Å². The lowest BCUT2D eigenvalue weighted by Crippen LogP contribution is -2.22. The van der Waals surface area contributed by atoms with Gasteiger partial charge in [-0.25, -0.2) is 0 Å². The third-order valence-corrected chi connectivity index (χ3v) is 8.61. The van der Waals surface area contributed by atoms with E-state index in [9.17, 15) is 0 Å². The van der Waals surface area contributed by atoms with E-state index in [0.29, 0.717) is 0 Å². The van der Waals surface area contributed by atoms with Crippen molar-refractivity contribution in [1.29, 1.82) is 0 Å². The molecule has 47 heavy (non-hydrogen) atoms. The molecule has 0 N–H and O–H groups in total. The van der Waals surface area contributed by atoms with Gasteiger partial charge in [0.25, 0.3) is 0 Å². The van der Waals surface area contributed by atoms with Crippen LogP contribution in [0.1, 0.15) is 49.9 Å². The molecule has 4 nitrogen and oxygen atoms in total. The Morgan fingerprint density at radius 2 is 0.915 bits per heavy atom. The van der Waals surface area contributed by atoms with Crippen molar-refractivity contribution in [2.75, 3.05) is 48.0 Å². The summed E-state index contributed by atoms with van der Waals surface area (Å²) in [7, 11) is 1.71. The summed E-state index contributed by atoms with van der Waals surface area (Å²) in [6.07, 6.45) is 8.83. The maximum absolute atomic E-state index is 5.60. The first kappa shape index (κ1) is 33.2. The first-order valence-corrected chi connectivity index (χ1v) is 16.8. The van der Waals surface area contributed by atoms with Crippen LogP contribution < -0.4 is 19.4 Å². The van der Waals surface area contributed by atoms with Gasteiger partial charge in [0.05, 0.1) is 7.11 Å². The van der Waals surface area contributed by atoms with Crippen molar-refractivity contribution in [3.05, 3.63) is 144 Å². The molecular weight excluding hydrogens is 574 g/mol. The minimum absolute atomic E-state index is 0.824. The summed E-state index contributed by atoms with van der Waals surface area (Å²) in [6.45, 7) is 12.7. The number of nitrogens with zero attached hydrogens (tertiary/aromatic N) is 3. The predicted octanol–water partition coefficient (Wildman–Crippen LogP) is 11.2. The predicted molar refractivity (Wildman–Crippen MR) is 206 cm³/mol. The summed E-state index contributed by atoms with van der Waals surface area (Å²) in [6, 6.07) is 42.9. The van der Waals surface area contributed by atoms with Gasteiger partial charge in [-0.3, -0.25) is 0 Å². The number of benzene rings is 5. The fraction of sp³-hybridized carbons (Fsp3) is 0.209. The summed E-state index contributed by atoms with van der Waals surface area (Å²) < 4.78 is 5.60. The van der Waals surface area contributed by atoms with Gasteiger partial charge in [-0.1, -0.05) is 91.0 Å². The second-order valence-electron chi connectivity index (χ2n) is 11.3. The van der Waals surface area contributed by atoms with E-state index >= 15 is 0 Å². The van der Waals surface area contributed by atoms with E-state index in [1.54, 1.807) is 7.11 Å². The zero-order chi connectivity index (χ0) is 33.0. The molecule has 0 unspecified atom stereocenters. The van der Waals surface area contributed by atoms with Crippen molar-refractivity contribution in [3.63, 3.8) is 0 Å².